The first-order chi connectivity index (χ1) is 15.1. The highest BCUT2D eigenvalue weighted by atomic mass is 35.5. The number of rotatable bonds is 8. The van der Waals surface area contributed by atoms with E-state index in [1.807, 2.05) is 61.5 Å². The number of halogens is 1. The van der Waals surface area contributed by atoms with Crippen molar-refractivity contribution in [2.24, 2.45) is 0 Å². The molecule has 0 spiro atoms. The maximum Gasteiger partial charge on any atom is 0.160 e. The van der Waals surface area contributed by atoms with Crippen LogP contribution in [0, 0.1) is 6.92 Å². The third kappa shape index (κ3) is 4.62. The Morgan fingerprint density at radius 2 is 1.71 bits per heavy atom. The Balaban J connectivity index is 1.61. The SMILES string of the molecule is COc1ccc(CCn2c(COc3ccccc3C)nc3cc(Cl)ccc32)cc1OC. The first-order valence-electron chi connectivity index (χ1n) is 10.1. The molecular formula is C25H25ClN2O3. The largest absolute Gasteiger partial charge is 0.493 e. The first-order valence-corrected chi connectivity index (χ1v) is 10.5. The summed E-state index contributed by atoms with van der Waals surface area (Å²) < 4.78 is 19.1. The highest BCUT2D eigenvalue weighted by Gasteiger charge is 2.13. The highest BCUT2D eigenvalue weighted by molar-refractivity contribution is 6.31. The molecule has 1 heterocycles. The Hall–Kier alpha value is -3.18. The molecule has 0 saturated heterocycles. The van der Waals surface area contributed by atoms with Crippen LogP contribution in [0.3, 0.4) is 0 Å². The molecule has 3 aromatic carbocycles. The van der Waals surface area contributed by atoms with Gasteiger partial charge in [-0.3, -0.25) is 0 Å². The Morgan fingerprint density at radius 3 is 2.48 bits per heavy atom. The number of fused-ring (bicyclic) bond motifs is 1. The van der Waals surface area contributed by atoms with Gasteiger partial charge in [-0.25, -0.2) is 4.98 Å². The molecular weight excluding hydrogens is 412 g/mol. The van der Waals surface area contributed by atoms with Crippen molar-refractivity contribution in [2.75, 3.05) is 14.2 Å². The van der Waals surface area contributed by atoms with Crippen molar-refractivity contribution in [3.05, 3.63) is 82.6 Å². The molecule has 0 atom stereocenters. The van der Waals surface area contributed by atoms with E-state index in [-0.39, 0.29) is 0 Å². The van der Waals surface area contributed by atoms with Crippen molar-refractivity contribution >= 4 is 22.6 Å². The van der Waals surface area contributed by atoms with Gasteiger partial charge in [0.15, 0.2) is 11.5 Å². The van der Waals surface area contributed by atoms with Crippen LogP contribution < -0.4 is 14.2 Å². The zero-order valence-electron chi connectivity index (χ0n) is 17.9. The number of aromatic nitrogens is 2. The normalized spacial score (nSPS) is 11.0. The minimum absolute atomic E-state index is 0.378. The van der Waals surface area contributed by atoms with E-state index in [1.54, 1.807) is 14.2 Å². The van der Waals surface area contributed by atoms with Gasteiger partial charge in [0.05, 0.1) is 25.3 Å². The molecule has 0 aliphatic carbocycles. The van der Waals surface area contributed by atoms with Crippen molar-refractivity contribution in [3.8, 4) is 17.2 Å². The van der Waals surface area contributed by atoms with E-state index in [1.165, 1.54) is 0 Å². The second-order valence-electron chi connectivity index (χ2n) is 7.31. The van der Waals surface area contributed by atoms with Crippen LogP contribution in [-0.2, 0) is 19.6 Å². The molecule has 0 bridgehead atoms. The molecule has 4 aromatic rings. The summed E-state index contributed by atoms with van der Waals surface area (Å²) in [6, 6.07) is 19.8. The van der Waals surface area contributed by atoms with E-state index in [0.29, 0.717) is 11.6 Å². The van der Waals surface area contributed by atoms with E-state index in [2.05, 4.69) is 10.6 Å². The average Bonchev–Trinajstić information content (AvgIpc) is 3.13. The van der Waals surface area contributed by atoms with E-state index in [4.69, 9.17) is 30.8 Å². The van der Waals surface area contributed by atoms with Crippen LogP contribution in [0.4, 0.5) is 0 Å². The number of benzene rings is 3. The van der Waals surface area contributed by atoms with Crippen LogP contribution >= 0.6 is 11.6 Å². The van der Waals surface area contributed by atoms with Gasteiger partial charge in [-0.2, -0.15) is 0 Å². The number of imidazole rings is 1. The lowest BCUT2D eigenvalue weighted by atomic mass is 10.1. The Kier molecular flexibility index (Phi) is 6.33. The minimum Gasteiger partial charge on any atom is -0.493 e. The second kappa shape index (κ2) is 9.31. The summed E-state index contributed by atoms with van der Waals surface area (Å²) in [4.78, 5) is 4.80. The predicted molar refractivity (Wildman–Crippen MR) is 124 cm³/mol. The molecule has 0 aliphatic heterocycles. The molecule has 0 aliphatic rings. The number of nitrogens with zero attached hydrogens (tertiary/aromatic N) is 2. The van der Waals surface area contributed by atoms with Crippen LogP contribution in [0.2, 0.25) is 5.02 Å². The number of ether oxygens (including phenoxy) is 3. The highest BCUT2D eigenvalue weighted by Crippen LogP contribution is 2.28. The summed E-state index contributed by atoms with van der Waals surface area (Å²) in [6.45, 7) is 3.16. The van der Waals surface area contributed by atoms with Gasteiger partial charge in [-0.05, 0) is 60.9 Å². The average molecular weight is 437 g/mol. The molecule has 0 saturated carbocycles. The number of para-hydroxylation sites is 1. The third-order valence-electron chi connectivity index (χ3n) is 5.31. The van der Waals surface area contributed by atoms with Gasteiger partial charge < -0.3 is 18.8 Å². The number of hydrogen-bond acceptors (Lipinski definition) is 4. The van der Waals surface area contributed by atoms with Gasteiger partial charge in [0.1, 0.15) is 18.2 Å². The summed E-state index contributed by atoms with van der Waals surface area (Å²) in [5.41, 5.74) is 4.15. The molecule has 1 aromatic heterocycles. The van der Waals surface area contributed by atoms with Crippen molar-refractivity contribution in [1.82, 2.24) is 9.55 Å². The standard InChI is InChI=1S/C25H25ClN2O3/c1-17-6-4-5-7-22(17)31-16-25-27-20-15-19(26)9-10-21(20)28(25)13-12-18-8-11-23(29-2)24(14-18)30-3/h4-11,14-15H,12-13,16H2,1-3H3. The Morgan fingerprint density at radius 1 is 0.903 bits per heavy atom. The van der Waals surface area contributed by atoms with Gasteiger partial charge in [-0.1, -0.05) is 35.9 Å². The Bertz CT molecular complexity index is 1200. The van der Waals surface area contributed by atoms with E-state index in [0.717, 1.165) is 58.2 Å². The molecule has 0 N–H and O–H groups in total. The molecule has 0 amide bonds. The quantitative estimate of drug-likeness (QED) is 0.348. The maximum atomic E-state index is 6.20. The monoisotopic (exact) mass is 436 g/mol. The molecule has 31 heavy (non-hydrogen) atoms. The predicted octanol–water partition coefficient (Wildman–Crippen LogP) is 5.84. The molecule has 6 heteroatoms. The number of hydrogen-bond donors (Lipinski definition) is 0. The van der Waals surface area contributed by atoms with Gasteiger partial charge in [0, 0.05) is 11.6 Å². The third-order valence-corrected chi connectivity index (χ3v) is 5.55. The number of methoxy groups -OCH3 is 2. The fourth-order valence-electron chi connectivity index (χ4n) is 3.65. The van der Waals surface area contributed by atoms with E-state index >= 15 is 0 Å². The molecule has 0 radical (unpaired) electrons. The first kappa shape index (κ1) is 21.1. The lowest BCUT2D eigenvalue weighted by molar-refractivity contribution is 0.288. The zero-order chi connectivity index (χ0) is 21.8. The molecule has 5 nitrogen and oxygen atoms in total. The van der Waals surface area contributed by atoms with Crippen LogP contribution in [0.5, 0.6) is 17.2 Å². The topological polar surface area (TPSA) is 45.5 Å². The minimum atomic E-state index is 0.378. The van der Waals surface area contributed by atoms with Crippen LogP contribution in [0.25, 0.3) is 11.0 Å². The van der Waals surface area contributed by atoms with Crippen molar-refractivity contribution in [2.45, 2.75) is 26.5 Å². The molecule has 4 rings (SSSR count). The molecule has 0 unspecified atom stereocenters. The zero-order valence-corrected chi connectivity index (χ0v) is 18.6. The number of aryl methyl sites for hydroxylation is 3. The fourth-order valence-corrected chi connectivity index (χ4v) is 3.82. The summed E-state index contributed by atoms with van der Waals surface area (Å²) in [7, 11) is 3.29. The lowest BCUT2D eigenvalue weighted by Crippen LogP contribution is -2.09. The van der Waals surface area contributed by atoms with Crippen molar-refractivity contribution < 1.29 is 14.2 Å². The van der Waals surface area contributed by atoms with Gasteiger partial charge in [0.2, 0.25) is 0 Å². The summed E-state index contributed by atoms with van der Waals surface area (Å²) in [5.74, 6) is 3.17. The Labute approximate surface area is 187 Å². The van der Waals surface area contributed by atoms with Crippen molar-refractivity contribution in [1.29, 1.82) is 0 Å². The summed E-state index contributed by atoms with van der Waals surface area (Å²) in [6.07, 6.45) is 0.811. The summed E-state index contributed by atoms with van der Waals surface area (Å²) >= 11 is 6.20. The van der Waals surface area contributed by atoms with Crippen molar-refractivity contribution in [3.63, 3.8) is 0 Å². The van der Waals surface area contributed by atoms with Crippen LogP contribution in [0.1, 0.15) is 17.0 Å². The fraction of sp³-hybridized carbons (Fsp3) is 0.240. The molecule has 160 valence electrons. The van der Waals surface area contributed by atoms with Gasteiger partial charge in [0.25, 0.3) is 0 Å². The smallest absolute Gasteiger partial charge is 0.160 e. The lowest BCUT2D eigenvalue weighted by Gasteiger charge is -2.13. The van der Waals surface area contributed by atoms with E-state index in [9.17, 15) is 0 Å². The van der Waals surface area contributed by atoms with Gasteiger partial charge in [-0.15, -0.1) is 0 Å². The van der Waals surface area contributed by atoms with Crippen LogP contribution in [0.15, 0.2) is 60.7 Å². The summed E-state index contributed by atoms with van der Waals surface area (Å²) in [5, 5.41) is 0.670. The van der Waals surface area contributed by atoms with E-state index < -0.39 is 0 Å². The maximum absolute atomic E-state index is 6.20. The second-order valence-corrected chi connectivity index (χ2v) is 7.74. The van der Waals surface area contributed by atoms with Crippen LogP contribution in [-0.4, -0.2) is 23.8 Å². The molecule has 0 fully saturated rings. The van der Waals surface area contributed by atoms with Gasteiger partial charge >= 0.3 is 0 Å².